The molecule has 2 heterocycles. The molecule has 15 heavy (non-hydrogen) atoms. The third-order valence-electron chi connectivity index (χ3n) is 3.28. The Hall–Kier alpha value is -1.09. The standard InChI is InChI=1S/C12H19N3/c1-10-3-5-14-11(7-10)15-6-4-12(2,8-13)9-15/h3,5,7H,4,6,8-9,13H2,1-2H3. The van der Waals surface area contributed by atoms with Crippen molar-refractivity contribution in [1.82, 2.24) is 4.98 Å². The molecule has 1 saturated heterocycles. The van der Waals surface area contributed by atoms with Gasteiger partial charge in [0.1, 0.15) is 5.82 Å². The van der Waals surface area contributed by atoms with E-state index in [0.29, 0.717) is 0 Å². The van der Waals surface area contributed by atoms with Gasteiger partial charge in [0.15, 0.2) is 0 Å². The molecule has 0 aromatic carbocycles. The Bertz CT molecular complexity index is 350. The number of pyridine rings is 1. The predicted molar refractivity (Wildman–Crippen MR) is 63.0 cm³/mol. The molecule has 0 radical (unpaired) electrons. The topological polar surface area (TPSA) is 42.2 Å². The van der Waals surface area contributed by atoms with E-state index in [1.54, 1.807) is 0 Å². The smallest absolute Gasteiger partial charge is 0.128 e. The number of aryl methyl sites for hydroxylation is 1. The van der Waals surface area contributed by atoms with Crippen LogP contribution in [0, 0.1) is 12.3 Å². The minimum absolute atomic E-state index is 0.269. The summed E-state index contributed by atoms with van der Waals surface area (Å²) in [6.45, 7) is 7.21. The molecule has 82 valence electrons. The van der Waals surface area contributed by atoms with Gasteiger partial charge in [-0.05, 0) is 43.0 Å². The van der Waals surface area contributed by atoms with Crippen molar-refractivity contribution >= 4 is 5.82 Å². The lowest BCUT2D eigenvalue weighted by molar-refractivity contribution is 0.383. The van der Waals surface area contributed by atoms with Gasteiger partial charge in [0.25, 0.3) is 0 Å². The van der Waals surface area contributed by atoms with Crippen molar-refractivity contribution < 1.29 is 0 Å². The molecular formula is C12H19N3. The number of hydrogen-bond acceptors (Lipinski definition) is 3. The first-order valence-electron chi connectivity index (χ1n) is 5.51. The lowest BCUT2D eigenvalue weighted by Crippen LogP contribution is -2.31. The van der Waals surface area contributed by atoms with Gasteiger partial charge >= 0.3 is 0 Å². The molecule has 0 spiro atoms. The Morgan fingerprint density at radius 2 is 2.40 bits per heavy atom. The third kappa shape index (κ3) is 2.12. The van der Waals surface area contributed by atoms with Gasteiger partial charge in [-0.2, -0.15) is 0 Å². The molecule has 0 amide bonds. The maximum absolute atomic E-state index is 5.79. The molecule has 3 heteroatoms. The molecule has 1 aromatic rings. The average Bonchev–Trinajstić information content (AvgIpc) is 2.62. The number of rotatable bonds is 2. The fraction of sp³-hybridized carbons (Fsp3) is 0.583. The number of aromatic nitrogens is 1. The van der Waals surface area contributed by atoms with Crippen molar-refractivity contribution in [3.05, 3.63) is 23.9 Å². The Kier molecular flexibility index (Phi) is 2.65. The molecule has 1 aliphatic rings. The SMILES string of the molecule is Cc1ccnc(N2CCC(C)(CN)C2)c1. The molecule has 0 aliphatic carbocycles. The van der Waals surface area contributed by atoms with Crippen LogP contribution in [0.3, 0.4) is 0 Å². The van der Waals surface area contributed by atoms with E-state index in [1.165, 1.54) is 12.0 Å². The van der Waals surface area contributed by atoms with E-state index in [0.717, 1.165) is 25.5 Å². The lowest BCUT2D eigenvalue weighted by atomic mass is 9.90. The van der Waals surface area contributed by atoms with E-state index in [9.17, 15) is 0 Å². The first-order valence-corrected chi connectivity index (χ1v) is 5.51. The van der Waals surface area contributed by atoms with Gasteiger partial charge < -0.3 is 10.6 Å². The van der Waals surface area contributed by atoms with Crippen LogP contribution in [-0.4, -0.2) is 24.6 Å². The van der Waals surface area contributed by atoms with E-state index in [1.807, 2.05) is 12.3 Å². The van der Waals surface area contributed by atoms with Crippen LogP contribution in [0.15, 0.2) is 18.3 Å². The van der Waals surface area contributed by atoms with E-state index < -0.39 is 0 Å². The first kappa shape index (κ1) is 10.4. The molecule has 1 atom stereocenters. The molecule has 1 fully saturated rings. The molecule has 2 rings (SSSR count). The second kappa shape index (κ2) is 3.81. The highest BCUT2D eigenvalue weighted by Crippen LogP contribution is 2.31. The summed E-state index contributed by atoms with van der Waals surface area (Å²) in [5, 5.41) is 0. The second-order valence-electron chi connectivity index (χ2n) is 4.88. The van der Waals surface area contributed by atoms with Crippen LogP contribution in [0.2, 0.25) is 0 Å². The summed E-state index contributed by atoms with van der Waals surface area (Å²) in [4.78, 5) is 6.74. The molecule has 2 N–H and O–H groups in total. The first-order chi connectivity index (χ1) is 7.13. The Labute approximate surface area is 91.3 Å². The number of anilines is 1. The van der Waals surface area contributed by atoms with Crippen LogP contribution in [0.4, 0.5) is 5.82 Å². The molecule has 1 unspecified atom stereocenters. The second-order valence-corrected chi connectivity index (χ2v) is 4.88. The van der Waals surface area contributed by atoms with E-state index in [4.69, 9.17) is 5.73 Å². The summed E-state index contributed by atoms with van der Waals surface area (Å²) in [5.74, 6) is 1.09. The summed E-state index contributed by atoms with van der Waals surface area (Å²) in [5.41, 5.74) is 7.33. The van der Waals surface area contributed by atoms with Crippen LogP contribution < -0.4 is 10.6 Å². The van der Waals surface area contributed by atoms with Crippen molar-refractivity contribution in [3.8, 4) is 0 Å². The highest BCUT2D eigenvalue weighted by Gasteiger charge is 2.32. The molecular weight excluding hydrogens is 186 g/mol. The molecule has 1 aliphatic heterocycles. The summed E-state index contributed by atoms with van der Waals surface area (Å²) >= 11 is 0. The molecule has 0 bridgehead atoms. The minimum atomic E-state index is 0.269. The normalized spacial score (nSPS) is 25.9. The summed E-state index contributed by atoms with van der Waals surface area (Å²) in [7, 11) is 0. The Morgan fingerprint density at radius 3 is 3.00 bits per heavy atom. The number of nitrogens with zero attached hydrogens (tertiary/aromatic N) is 2. The maximum atomic E-state index is 5.79. The molecule has 0 saturated carbocycles. The highest BCUT2D eigenvalue weighted by atomic mass is 15.2. The van der Waals surface area contributed by atoms with Crippen LogP contribution in [0.5, 0.6) is 0 Å². The van der Waals surface area contributed by atoms with Crippen molar-refractivity contribution in [3.63, 3.8) is 0 Å². The monoisotopic (exact) mass is 205 g/mol. The van der Waals surface area contributed by atoms with Crippen molar-refractivity contribution in [1.29, 1.82) is 0 Å². The van der Waals surface area contributed by atoms with Gasteiger partial charge in [-0.3, -0.25) is 0 Å². The quantitative estimate of drug-likeness (QED) is 0.796. The Balaban J connectivity index is 2.14. The zero-order valence-corrected chi connectivity index (χ0v) is 9.53. The Morgan fingerprint density at radius 1 is 1.60 bits per heavy atom. The fourth-order valence-electron chi connectivity index (χ4n) is 2.08. The zero-order chi connectivity index (χ0) is 10.9. The van der Waals surface area contributed by atoms with Crippen LogP contribution in [0.25, 0.3) is 0 Å². The minimum Gasteiger partial charge on any atom is -0.356 e. The summed E-state index contributed by atoms with van der Waals surface area (Å²) in [6.07, 6.45) is 3.04. The van der Waals surface area contributed by atoms with Gasteiger partial charge in [-0.25, -0.2) is 4.98 Å². The maximum Gasteiger partial charge on any atom is 0.128 e. The number of hydrogen-bond donors (Lipinski definition) is 1. The number of nitrogens with two attached hydrogens (primary N) is 1. The highest BCUT2D eigenvalue weighted by molar-refractivity contribution is 5.42. The van der Waals surface area contributed by atoms with Gasteiger partial charge in [0.2, 0.25) is 0 Å². The van der Waals surface area contributed by atoms with Crippen LogP contribution >= 0.6 is 0 Å². The van der Waals surface area contributed by atoms with Gasteiger partial charge in [-0.15, -0.1) is 0 Å². The third-order valence-corrected chi connectivity index (χ3v) is 3.28. The van der Waals surface area contributed by atoms with E-state index >= 15 is 0 Å². The predicted octanol–water partition coefficient (Wildman–Crippen LogP) is 1.57. The fourth-order valence-corrected chi connectivity index (χ4v) is 2.08. The summed E-state index contributed by atoms with van der Waals surface area (Å²) in [6, 6.07) is 4.17. The van der Waals surface area contributed by atoms with Crippen molar-refractivity contribution in [2.24, 2.45) is 11.1 Å². The molecule has 3 nitrogen and oxygen atoms in total. The zero-order valence-electron chi connectivity index (χ0n) is 9.53. The lowest BCUT2D eigenvalue weighted by Gasteiger charge is -2.23. The van der Waals surface area contributed by atoms with Crippen LogP contribution in [0.1, 0.15) is 18.9 Å². The largest absolute Gasteiger partial charge is 0.356 e. The van der Waals surface area contributed by atoms with Gasteiger partial charge in [0, 0.05) is 19.3 Å². The average molecular weight is 205 g/mol. The summed E-state index contributed by atoms with van der Waals surface area (Å²) < 4.78 is 0. The van der Waals surface area contributed by atoms with Crippen LogP contribution in [-0.2, 0) is 0 Å². The van der Waals surface area contributed by atoms with Crippen molar-refractivity contribution in [2.45, 2.75) is 20.3 Å². The van der Waals surface area contributed by atoms with Gasteiger partial charge in [-0.1, -0.05) is 6.92 Å². The van der Waals surface area contributed by atoms with E-state index in [-0.39, 0.29) is 5.41 Å². The van der Waals surface area contributed by atoms with Crippen molar-refractivity contribution in [2.75, 3.05) is 24.5 Å². The van der Waals surface area contributed by atoms with Gasteiger partial charge in [0.05, 0.1) is 0 Å². The van der Waals surface area contributed by atoms with E-state index in [2.05, 4.69) is 29.8 Å². The molecule has 1 aromatic heterocycles.